The number of ether oxygens (including phenoxy) is 1. The summed E-state index contributed by atoms with van der Waals surface area (Å²) in [5.74, 6) is -1.72. The van der Waals surface area contributed by atoms with Crippen LogP contribution in [0.3, 0.4) is 0 Å². The molecule has 0 radical (unpaired) electrons. The molecule has 0 saturated heterocycles. The SMILES string of the molecule is CCOC(=O)C(=O)c1cc(Cl)nc(Cl)c1. The zero-order chi connectivity index (χ0) is 11.4. The standard InChI is InChI=1S/C9H7Cl2NO3/c1-2-15-9(14)8(13)5-3-6(10)12-7(11)4-5/h3-4H,2H2,1H3. The predicted molar refractivity (Wildman–Crippen MR) is 55.2 cm³/mol. The van der Waals surface area contributed by atoms with Gasteiger partial charge in [-0.05, 0) is 19.1 Å². The second-order valence-corrected chi connectivity index (χ2v) is 3.33. The fraction of sp³-hybridized carbons (Fsp3) is 0.222. The third-order valence-electron chi connectivity index (χ3n) is 1.49. The van der Waals surface area contributed by atoms with Crippen LogP contribution in [0.1, 0.15) is 17.3 Å². The van der Waals surface area contributed by atoms with Gasteiger partial charge in [0.2, 0.25) is 0 Å². The van der Waals surface area contributed by atoms with Crippen LogP contribution in [0.4, 0.5) is 0 Å². The molecule has 0 bridgehead atoms. The van der Waals surface area contributed by atoms with E-state index in [-0.39, 0.29) is 22.5 Å². The summed E-state index contributed by atoms with van der Waals surface area (Å²) in [6.45, 7) is 1.74. The summed E-state index contributed by atoms with van der Waals surface area (Å²) < 4.78 is 4.54. The molecule has 0 spiro atoms. The lowest BCUT2D eigenvalue weighted by molar-refractivity contribution is -0.137. The van der Waals surface area contributed by atoms with Crippen molar-refractivity contribution >= 4 is 35.0 Å². The smallest absolute Gasteiger partial charge is 0.379 e. The average molecular weight is 248 g/mol. The van der Waals surface area contributed by atoms with Gasteiger partial charge in [-0.1, -0.05) is 23.2 Å². The van der Waals surface area contributed by atoms with E-state index in [1.165, 1.54) is 12.1 Å². The van der Waals surface area contributed by atoms with Gasteiger partial charge in [-0.15, -0.1) is 0 Å². The van der Waals surface area contributed by atoms with E-state index in [1.54, 1.807) is 6.92 Å². The Bertz CT molecular complexity index is 386. The number of nitrogens with zero attached hydrogens (tertiary/aromatic N) is 1. The van der Waals surface area contributed by atoms with Crippen molar-refractivity contribution in [1.82, 2.24) is 4.98 Å². The number of Topliss-reactive ketones (excluding diaryl/α,β-unsaturated/α-hetero) is 1. The molecule has 1 rings (SSSR count). The summed E-state index contributed by atoms with van der Waals surface area (Å²) in [6.07, 6.45) is 0. The van der Waals surface area contributed by atoms with Crippen LogP contribution in [-0.2, 0) is 9.53 Å². The lowest BCUT2D eigenvalue weighted by Crippen LogP contribution is -2.17. The lowest BCUT2D eigenvalue weighted by atomic mass is 10.2. The van der Waals surface area contributed by atoms with Crippen molar-refractivity contribution in [3.05, 3.63) is 28.0 Å². The maximum Gasteiger partial charge on any atom is 0.379 e. The Labute approximate surface area is 96.2 Å². The van der Waals surface area contributed by atoms with Gasteiger partial charge in [-0.25, -0.2) is 9.78 Å². The van der Waals surface area contributed by atoms with Gasteiger partial charge in [0.05, 0.1) is 6.61 Å². The first-order valence-corrected chi connectivity index (χ1v) is 4.84. The van der Waals surface area contributed by atoms with Gasteiger partial charge < -0.3 is 4.74 Å². The Kier molecular flexibility index (Phi) is 4.05. The second-order valence-electron chi connectivity index (χ2n) is 2.55. The number of hydrogen-bond donors (Lipinski definition) is 0. The van der Waals surface area contributed by atoms with Crippen LogP contribution < -0.4 is 0 Å². The van der Waals surface area contributed by atoms with Crippen molar-refractivity contribution in [2.75, 3.05) is 6.61 Å². The van der Waals surface area contributed by atoms with E-state index in [0.29, 0.717) is 0 Å². The Morgan fingerprint density at radius 1 is 1.33 bits per heavy atom. The Morgan fingerprint density at radius 3 is 2.33 bits per heavy atom. The van der Waals surface area contributed by atoms with Gasteiger partial charge in [0, 0.05) is 5.56 Å². The van der Waals surface area contributed by atoms with Crippen LogP contribution in [0.2, 0.25) is 10.3 Å². The maximum absolute atomic E-state index is 11.4. The molecule has 0 aliphatic rings. The topological polar surface area (TPSA) is 56.3 Å². The minimum atomic E-state index is -0.934. The van der Waals surface area contributed by atoms with Crippen LogP contribution in [0.25, 0.3) is 0 Å². The van der Waals surface area contributed by atoms with E-state index in [2.05, 4.69) is 9.72 Å². The van der Waals surface area contributed by atoms with E-state index >= 15 is 0 Å². The number of carbonyl (C=O) groups excluding carboxylic acids is 2. The molecular weight excluding hydrogens is 241 g/mol. The first-order valence-electron chi connectivity index (χ1n) is 4.09. The summed E-state index contributed by atoms with van der Waals surface area (Å²) in [5.41, 5.74) is 0.0680. The highest BCUT2D eigenvalue weighted by Crippen LogP contribution is 2.15. The molecule has 1 aromatic heterocycles. The fourth-order valence-corrected chi connectivity index (χ4v) is 1.37. The van der Waals surface area contributed by atoms with E-state index < -0.39 is 11.8 Å². The molecule has 15 heavy (non-hydrogen) atoms. The Balaban J connectivity index is 2.96. The van der Waals surface area contributed by atoms with Crippen LogP contribution in [-0.4, -0.2) is 23.3 Å². The van der Waals surface area contributed by atoms with Crippen LogP contribution in [0, 0.1) is 0 Å². The molecule has 0 amide bonds. The molecule has 0 saturated carbocycles. The van der Waals surface area contributed by atoms with Crippen LogP contribution >= 0.6 is 23.2 Å². The minimum absolute atomic E-state index is 0.0511. The number of pyridine rings is 1. The van der Waals surface area contributed by atoms with Crippen molar-refractivity contribution in [2.24, 2.45) is 0 Å². The van der Waals surface area contributed by atoms with E-state index in [4.69, 9.17) is 23.2 Å². The van der Waals surface area contributed by atoms with Gasteiger partial charge in [0.25, 0.3) is 5.78 Å². The molecular formula is C9H7Cl2NO3. The predicted octanol–water partition coefficient (Wildman–Crippen LogP) is 2.13. The summed E-state index contributed by atoms with van der Waals surface area (Å²) >= 11 is 11.2. The van der Waals surface area contributed by atoms with Crippen molar-refractivity contribution < 1.29 is 14.3 Å². The van der Waals surface area contributed by atoms with Crippen LogP contribution in [0.5, 0.6) is 0 Å². The minimum Gasteiger partial charge on any atom is -0.460 e. The van der Waals surface area contributed by atoms with Crippen molar-refractivity contribution in [2.45, 2.75) is 6.92 Å². The van der Waals surface area contributed by atoms with Gasteiger partial charge >= 0.3 is 5.97 Å². The van der Waals surface area contributed by atoms with Crippen molar-refractivity contribution in [1.29, 1.82) is 0 Å². The number of aromatic nitrogens is 1. The molecule has 0 N–H and O–H groups in total. The molecule has 0 unspecified atom stereocenters. The largest absolute Gasteiger partial charge is 0.460 e. The third-order valence-corrected chi connectivity index (χ3v) is 1.87. The number of hydrogen-bond acceptors (Lipinski definition) is 4. The normalized spacial score (nSPS) is 9.80. The number of halogens is 2. The van der Waals surface area contributed by atoms with E-state index in [9.17, 15) is 9.59 Å². The molecule has 0 aliphatic heterocycles. The molecule has 0 aromatic carbocycles. The van der Waals surface area contributed by atoms with E-state index in [1.807, 2.05) is 0 Å². The first kappa shape index (κ1) is 11.9. The zero-order valence-corrected chi connectivity index (χ0v) is 9.30. The first-order chi connectivity index (χ1) is 7.04. The van der Waals surface area contributed by atoms with Gasteiger partial charge in [-0.3, -0.25) is 4.79 Å². The monoisotopic (exact) mass is 247 g/mol. The number of ketones is 1. The summed E-state index contributed by atoms with van der Waals surface area (Å²) in [7, 11) is 0. The fourth-order valence-electron chi connectivity index (χ4n) is 0.910. The van der Waals surface area contributed by atoms with Crippen molar-refractivity contribution in [3.8, 4) is 0 Å². The Hall–Kier alpha value is -1.13. The number of rotatable bonds is 3. The molecule has 0 aliphatic carbocycles. The summed E-state index contributed by atoms with van der Waals surface area (Å²) in [5, 5.41) is 0.102. The average Bonchev–Trinajstić information content (AvgIpc) is 2.15. The Morgan fingerprint density at radius 2 is 1.87 bits per heavy atom. The molecule has 0 atom stereocenters. The highest BCUT2D eigenvalue weighted by molar-refractivity contribution is 6.42. The highest BCUT2D eigenvalue weighted by Gasteiger charge is 2.18. The molecule has 1 heterocycles. The molecule has 0 fully saturated rings. The molecule has 1 aromatic rings. The number of carbonyl (C=O) groups is 2. The second kappa shape index (κ2) is 5.09. The molecule has 4 nitrogen and oxygen atoms in total. The quantitative estimate of drug-likeness (QED) is 0.356. The van der Waals surface area contributed by atoms with Gasteiger partial charge in [0.1, 0.15) is 10.3 Å². The summed E-state index contributed by atoms with van der Waals surface area (Å²) in [4.78, 5) is 26.2. The maximum atomic E-state index is 11.4. The highest BCUT2D eigenvalue weighted by atomic mass is 35.5. The van der Waals surface area contributed by atoms with E-state index in [0.717, 1.165) is 0 Å². The van der Waals surface area contributed by atoms with Gasteiger partial charge in [0.15, 0.2) is 0 Å². The third kappa shape index (κ3) is 3.18. The number of esters is 1. The molecule has 80 valence electrons. The zero-order valence-electron chi connectivity index (χ0n) is 7.79. The van der Waals surface area contributed by atoms with Gasteiger partial charge in [-0.2, -0.15) is 0 Å². The van der Waals surface area contributed by atoms with Crippen LogP contribution in [0.15, 0.2) is 12.1 Å². The van der Waals surface area contributed by atoms with Crippen molar-refractivity contribution in [3.63, 3.8) is 0 Å². The lowest BCUT2D eigenvalue weighted by Gasteiger charge is -2.01. The molecule has 6 heteroatoms. The summed E-state index contributed by atoms with van der Waals surface area (Å²) in [6, 6.07) is 2.51.